The zero-order valence-electron chi connectivity index (χ0n) is 9.82. The Morgan fingerprint density at radius 2 is 2.35 bits per heavy atom. The SMILES string of the molecule is C=CCC(N)C(=O)N[C@H](C)c1cccc(Br)c1. The van der Waals surface area contributed by atoms with Gasteiger partial charge < -0.3 is 11.1 Å². The van der Waals surface area contributed by atoms with Gasteiger partial charge in [-0.2, -0.15) is 0 Å². The molecule has 0 heterocycles. The largest absolute Gasteiger partial charge is 0.348 e. The van der Waals surface area contributed by atoms with Crippen molar-refractivity contribution >= 4 is 21.8 Å². The fourth-order valence-corrected chi connectivity index (χ4v) is 1.88. The van der Waals surface area contributed by atoms with Crippen molar-refractivity contribution in [3.63, 3.8) is 0 Å². The number of amides is 1. The summed E-state index contributed by atoms with van der Waals surface area (Å²) in [5, 5.41) is 2.88. The quantitative estimate of drug-likeness (QED) is 0.821. The van der Waals surface area contributed by atoms with Gasteiger partial charge in [-0.1, -0.05) is 34.1 Å². The molecule has 0 radical (unpaired) electrons. The number of rotatable bonds is 5. The van der Waals surface area contributed by atoms with Gasteiger partial charge in [-0.15, -0.1) is 6.58 Å². The molecule has 1 rings (SSSR count). The highest BCUT2D eigenvalue weighted by molar-refractivity contribution is 9.10. The van der Waals surface area contributed by atoms with E-state index in [1.165, 1.54) is 0 Å². The van der Waals surface area contributed by atoms with Gasteiger partial charge in [0.1, 0.15) is 0 Å². The van der Waals surface area contributed by atoms with Gasteiger partial charge in [0, 0.05) is 4.47 Å². The predicted molar refractivity (Wildman–Crippen MR) is 73.5 cm³/mol. The topological polar surface area (TPSA) is 55.1 Å². The Kier molecular flexibility index (Phi) is 5.38. The number of halogens is 1. The number of hydrogen-bond acceptors (Lipinski definition) is 2. The van der Waals surface area contributed by atoms with Gasteiger partial charge in [0.05, 0.1) is 12.1 Å². The lowest BCUT2D eigenvalue weighted by Crippen LogP contribution is -2.41. The van der Waals surface area contributed by atoms with E-state index in [2.05, 4.69) is 27.8 Å². The molecule has 0 bridgehead atoms. The summed E-state index contributed by atoms with van der Waals surface area (Å²) in [5.41, 5.74) is 6.73. The van der Waals surface area contributed by atoms with Crippen molar-refractivity contribution in [3.05, 3.63) is 47.0 Å². The average Bonchev–Trinajstić information content (AvgIpc) is 2.29. The van der Waals surface area contributed by atoms with Crippen LogP contribution in [-0.4, -0.2) is 11.9 Å². The highest BCUT2D eigenvalue weighted by atomic mass is 79.9. The second-order valence-corrected chi connectivity index (χ2v) is 4.83. The lowest BCUT2D eigenvalue weighted by Gasteiger charge is -2.17. The van der Waals surface area contributed by atoms with E-state index in [4.69, 9.17) is 5.73 Å². The lowest BCUT2D eigenvalue weighted by atomic mass is 10.1. The van der Waals surface area contributed by atoms with Crippen LogP contribution in [0.1, 0.15) is 24.9 Å². The second kappa shape index (κ2) is 6.57. The summed E-state index contributed by atoms with van der Waals surface area (Å²) in [4.78, 5) is 11.7. The third kappa shape index (κ3) is 4.32. The van der Waals surface area contributed by atoms with E-state index in [1.807, 2.05) is 31.2 Å². The van der Waals surface area contributed by atoms with Crippen molar-refractivity contribution in [1.82, 2.24) is 5.32 Å². The van der Waals surface area contributed by atoms with Crippen LogP contribution in [0.5, 0.6) is 0 Å². The van der Waals surface area contributed by atoms with Gasteiger partial charge in [-0.05, 0) is 31.0 Å². The van der Waals surface area contributed by atoms with Crippen LogP contribution >= 0.6 is 15.9 Å². The van der Waals surface area contributed by atoms with Crippen molar-refractivity contribution in [2.75, 3.05) is 0 Å². The minimum absolute atomic E-state index is 0.0594. The standard InChI is InChI=1S/C13H17BrN2O/c1-3-5-12(15)13(17)16-9(2)10-6-4-7-11(14)8-10/h3-4,6-9,12H,1,5,15H2,2H3,(H,16,17)/t9-,12?/m1/s1. The molecule has 1 amide bonds. The number of carbonyl (C=O) groups is 1. The summed E-state index contributed by atoms with van der Waals surface area (Å²) in [5.74, 6) is -0.155. The molecule has 2 atom stereocenters. The molecule has 1 unspecified atom stereocenters. The molecule has 17 heavy (non-hydrogen) atoms. The fraction of sp³-hybridized carbons (Fsp3) is 0.308. The van der Waals surface area contributed by atoms with Gasteiger partial charge in [-0.25, -0.2) is 0 Å². The number of nitrogens with two attached hydrogens (primary N) is 1. The number of carbonyl (C=O) groups excluding carboxylic acids is 1. The van der Waals surface area contributed by atoms with E-state index < -0.39 is 6.04 Å². The molecule has 92 valence electrons. The van der Waals surface area contributed by atoms with Crippen LogP contribution in [0.3, 0.4) is 0 Å². The fourth-order valence-electron chi connectivity index (χ4n) is 1.47. The average molecular weight is 297 g/mol. The maximum Gasteiger partial charge on any atom is 0.237 e. The first-order chi connectivity index (χ1) is 8.04. The molecule has 1 aromatic carbocycles. The van der Waals surface area contributed by atoms with E-state index in [9.17, 15) is 4.79 Å². The Bertz CT molecular complexity index is 406. The van der Waals surface area contributed by atoms with E-state index in [1.54, 1.807) is 6.08 Å². The summed E-state index contributed by atoms with van der Waals surface area (Å²) in [7, 11) is 0. The van der Waals surface area contributed by atoms with E-state index in [-0.39, 0.29) is 11.9 Å². The summed E-state index contributed by atoms with van der Waals surface area (Å²) in [6, 6.07) is 7.24. The summed E-state index contributed by atoms with van der Waals surface area (Å²) >= 11 is 3.40. The molecular weight excluding hydrogens is 280 g/mol. The number of hydrogen-bond donors (Lipinski definition) is 2. The molecule has 1 aromatic rings. The lowest BCUT2D eigenvalue weighted by molar-refractivity contribution is -0.122. The summed E-state index contributed by atoms with van der Waals surface area (Å²) in [6.07, 6.45) is 2.13. The van der Waals surface area contributed by atoms with Crippen LogP contribution in [0.4, 0.5) is 0 Å². The summed E-state index contributed by atoms with van der Waals surface area (Å²) < 4.78 is 0.992. The maximum atomic E-state index is 11.7. The molecule has 4 heteroatoms. The molecular formula is C13H17BrN2O. The molecule has 0 spiro atoms. The molecule has 3 N–H and O–H groups in total. The molecule has 0 saturated heterocycles. The molecule has 0 aromatic heterocycles. The monoisotopic (exact) mass is 296 g/mol. The van der Waals surface area contributed by atoms with Crippen LogP contribution in [0, 0.1) is 0 Å². The third-order valence-electron chi connectivity index (χ3n) is 2.46. The van der Waals surface area contributed by atoms with Gasteiger partial charge in [-0.3, -0.25) is 4.79 Å². The molecule has 0 fully saturated rings. The Balaban J connectivity index is 2.63. The van der Waals surface area contributed by atoms with Crippen molar-refractivity contribution < 1.29 is 4.79 Å². The van der Waals surface area contributed by atoms with E-state index in [0.717, 1.165) is 10.0 Å². The molecule has 0 aliphatic rings. The smallest absolute Gasteiger partial charge is 0.237 e. The van der Waals surface area contributed by atoms with Crippen LogP contribution in [-0.2, 0) is 4.79 Å². The zero-order chi connectivity index (χ0) is 12.8. The molecule has 0 saturated carbocycles. The minimum Gasteiger partial charge on any atom is -0.348 e. The van der Waals surface area contributed by atoms with Crippen LogP contribution in [0.2, 0.25) is 0 Å². The second-order valence-electron chi connectivity index (χ2n) is 3.92. The van der Waals surface area contributed by atoms with Crippen molar-refractivity contribution in [2.24, 2.45) is 5.73 Å². The number of benzene rings is 1. The van der Waals surface area contributed by atoms with Gasteiger partial charge in [0.25, 0.3) is 0 Å². The molecule has 3 nitrogen and oxygen atoms in total. The van der Waals surface area contributed by atoms with Crippen molar-refractivity contribution in [1.29, 1.82) is 0 Å². The Labute approximate surface area is 110 Å². The third-order valence-corrected chi connectivity index (χ3v) is 2.96. The van der Waals surface area contributed by atoms with Crippen molar-refractivity contribution in [3.8, 4) is 0 Å². The summed E-state index contributed by atoms with van der Waals surface area (Å²) in [6.45, 7) is 5.50. The van der Waals surface area contributed by atoms with Crippen LogP contribution in [0.15, 0.2) is 41.4 Å². The highest BCUT2D eigenvalue weighted by Crippen LogP contribution is 2.17. The van der Waals surface area contributed by atoms with E-state index in [0.29, 0.717) is 6.42 Å². The Morgan fingerprint density at radius 1 is 1.65 bits per heavy atom. The first kappa shape index (κ1) is 13.9. The predicted octanol–water partition coefficient (Wildman–Crippen LogP) is 2.53. The van der Waals surface area contributed by atoms with Crippen molar-refractivity contribution in [2.45, 2.75) is 25.4 Å². The van der Waals surface area contributed by atoms with Gasteiger partial charge in [0.15, 0.2) is 0 Å². The molecule has 0 aliphatic heterocycles. The Morgan fingerprint density at radius 3 is 2.94 bits per heavy atom. The Hall–Kier alpha value is -1.13. The number of nitrogens with one attached hydrogen (secondary N) is 1. The van der Waals surface area contributed by atoms with Crippen LogP contribution in [0.25, 0.3) is 0 Å². The highest BCUT2D eigenvalue weighted by Gasteiger charge is 2.15. The first-order valence-electron chi connectivity index (χ1n) is 5.47. The zero-order valence-corrected chi connectivity index (χ0v) is 11.4. The first-order valence-corrected chi connectivity index (χ1v) is 6.26. The van der Waals surface area contributed by atoms with Crippen LogP contribution < -0.4 is 11.1 Å². The maximum absolute atomic E-state index is 11.7. The minimum atomic E-state index is -0.526. The van der Waals surface area contributed by atoms with Gasteiger partial charge in [0.2, 0.25) is 5.91 Å². The normalized spacial score (nSPS) is 13.8. The van der Waals surface area contributed by atoms with Gasteiger partial charge >= 0.3 is 0 Å². The molecule has 0 aliphatic carbocycles. The van der Waals surface area contributed by atoms with E-state index >= 15 is 0 Å².